The first-order valence-corrected chi connectivity index (χ1v) is 9.77. The lowest BCUT2D eigenvalue weighted by Crippen LogP contribution is -2.38. The van der Waals surface area contributed by atoms with E-state index in [1.54, 1.807) is 0 Å². The van der Waals surface area contributed by atoms with Crippen LogP contribution in [0.15, 0.2) is 42.5 Å². The third-order valence-electron chi connectivity index (χ3n) is 5.53. The Balaban J connectivity index is 1.32. The quantitative estimate of drug-likeness (QED) is 0.836. The highest BCUT2D eigenvalue weighted by molar-refractivity contribution is 5.92. The Morgan fingerprint density at radius 3 is 2.57 bits per heavy atom. The molecular weight excluding hydrogens is 354 g/mol. The first kappa shape index (κ1) is 18.3. The van der Waals surface area contributed by atoms with Crippen molar-refractivity contribution in [1.82, 2.24) is 0 Å². The Hall–Kier alpha value is -3.02. The lowest BCUT2D eigenvalue weighted by atomic mass is 9.96. The third-order valence-corrected chi connectivity index (χ3v) is 5.53. The van der Waals surface area contributed by atoms with Crippen LogP contribution in [0.3, 0.4) is 0 Å². The molecule has 2 amide bonds. The highest BCUT2D eigenvalue weighted by Gasteiger charge is 2.23. The number of amides is 2. The van der Waals surface area contributed by atoms with Crippen LogP contribution in [0.4, 0.5) is 11.4 Å². The zero-order chi connectivity index (χ0) is 19.5. The first-order chi connectivity index (χ1) is 13.6. The average Bonchev–Trinajstić information content (AvgIpc) is 3.16. The fourth-order valence-electron chi connectivity index (χ4n) is 3.92. The van der Waals surface area contributed by atoms with Crippen molar-refractivity contribution in [1.29, 1.82) is 0 Å². The zero-order valence-corrected chi connectivity index (χ0v) is 15.8. The fraction of sp³-hybridized carbons (Fsp3) is 0.364. The second-order valence-corrected chi connectivity index (χ2v) is 7.48. The normalized spacial score (nSPS) is 16.4. The van der Waals surface area contributed by atoms with Crippen molar-refractivity contribution in [3.63, 3.8) is 0 Å². The van der Waals surface area contributed by atoms with Gasteiger partial charge in [0, 0.05) is 36.8 Å². The maximum atomic E-state index is 12.4. The summed E-state index contributed by atoms with van der Waals surface area (Å²) in [7, 11) is 0. The van der Waals surface area contributed by atoms with E-state index in [9.17, 15) is 9.59 Å². The number of anilines is 2. The number of fused-ring (bicyclic) bond motifs is 1. The van der Waals surface area contributed by atoms with E-state index in [1.807, 2.05) is 36.4 Å². The number of nitrogens with two attached hydrogens (primary N) is 1. The van der Waals surface area contributed by atoms with Crippen molar-refractivity contribution in [2.24, 2.45) is 11.7 Å². The lowest BCUT2D eigenvalue weighted by molar-refractivity contribution is -0.122. The highest BCUT2D eigenvalue weighted by Crippen LogP contribution is 2.27. The van der Waals surface area contributed by atoms with Gasteiger partial charge in [0.1, 0.15) is 5.75 Å². The molecule has 0 saturated carbocycles. The maximum absolute atomic E-state index is 12.4. The smallest absolute Gasteiger partial charge is 0.228 e. The van der Waals surface area contributed by atoms with Crippen molar-refractivity contribution >= 4 is 23.2 Å². The fourth-order valence-corrected chi connectivity index (χ4v) is 3.92. The number of ether oxygens (including phenoxy) is 1. The van der Waals surface area contributed by atoms with Crippen LogP contribution in [0.1, 0.15) is 24.0 Å². The molecule has 146 valence electrons. The summed E-state index contributed by atoms with van der Waals surface area (Å²) in [4.78, 5) is 25.9. The Bertz CT molecular complexity index is 871. The number of nitrogens with zero attached hydrogens (tertiary/aromatic N) is 1. The average molecular weight is 379 g/mol. The minimum atomic E-state index is -0.200. The van der Waals surface area contributed by atoms with Gasteiger partial charge in [0.25, 0.3) is 0 Å². The van der Waals surface area contributed by atoms with E-state index in [0.29, 0.717) is 6.42 Å². The van der Waals surface area contributed by atoms with Crippen LogP contribution in [0.25, 0.3) is 0 Å². The van der Waals surface area contributed by atoms with Gasteiger partial charge >= 0.3 is 0 Å². The summed E-state index contributed by atoms with van der Waals surface area (Å²) in [5.41, 5.74) is 9.45. The van der Waals surface area contributed by atoms with Crippen molar-refractivity contribution in [2.45, 2.75) is 25.7 Å². The molecule has 1 saturated heterocycles. The summed E-state index contributed by atoms with van der Waals surface area (Å²) >= 11 is 0. The Morgan fingerprint density at radius 1 is 1.11 bits per heavy atom. The van der Waals surface area contributed by atoms with E-state index < -0.39 is 0 Å². The molecule has 6 heteroatoms. The number of rotatable bonds is 5. The molecule has 0 spiro atoms. The number of primary amides is 1. The van der Waals surface area contributed by atoms with Crippen LogP contribution in [0.5, 0.6) is 5.75 Å². The maximum Gasteiger partial charge on any atom is 0.228 e. The molecule has 2 aromatic rings. The number of carbonyl (C=O) groups excluding carboxylic acids is 2. The monoisotopic (exact) mass is 379 g/mol. The summed E-state index contributed by atoms with van der Waals surface area (Å²) in [6, 6.07) is 13.8. The van der Waals surface area contributed by atoms with Gasteiger partial charge in [-0.05, 0) is 54.3 Å². The largest absolute Gasteiger partial charge is 0.493 e. The van der Waals surface area contributed by atoms with E-state index in [2.05, 4.69) is 16.3 Å². The molecule has 3 N–H and O–H groups in total. The number of hydrogen-bond donors (Lipinski definition) is 2. The molecule has 1 fully saturated rings. The molecule has 0 unspecified atom stereocenters. The Kier molecular flexibility index (Phi) is 5.19. The van der Waals surface area contributed by atoms with Gasteiger partial charge in [0.05, 0.1) is 13.0 Å². The zero-order valence-electron chi connectivity index (χ0n) is 15.8. The molecule has 0 aliphatic carbocycles. The van der Waals surface area contributed by atoms with Crippen molar-refractivity contribution in [2.75, 3.05) is 29.9 Å². The van der Waals surface area contributed by atoms with Gasteiger partial charge in [-0.3, -0.25) is 9.59 Å². The Morgan fingerprint density at radius 2 is 1.86 bits per heavy atom. The first-order valence-electron chi connectivity index (χ1n) is 9.77. The number of carbonyl (C=O) groups is 2. The molecule has 2 aromatic carbocycles. The molecule has 0 radical (unpaired) electrons. The minimum Gasteiger partial charge on any atom is -0.493 e. The second kappa shape index (κ2) is 7.92. The van der Waals surface area contributed by atoms with Gasteiger partial charge in [0.2, 0.25) is 11.8 Å². The van der Waals surface area contributed by atoms with Crippen LogP contribution >= 0.6 is 0 Å². The number of hydrogen-bond acceptors (Lipinski definition) is 4. The predicted molar refractivity (Wildman–Crippen MR) is 109 cm³/mol. The highest BCUT2D eigenvalue weighted by atomic mass is 16.5. The Labute approximate surface area is 164 Å². The lowest BCUT2D eigenvalue weighted by Gasteiger charge is -2.32. The molecule has 2 aliphatic heterocycles. The van der Waals surface area contributed by atoms with Crippen LogP contribution in [-0.4, -0.2) is 31.5 Å². The summed E-state index contributed by atoms with van der Waals surface area (Å²) in [6.45, 7) is 2.36. The molecule has 28 heavy (non-hydrogen) atoms. The van der Waals surface area contributed by atoms with Gasteiger partial charge in [-0.25, -0.2) is 0 Å². The van der Waals surface area contributed by atoms with Crippen LogP contribution in [-0.2, 0) is 22.4 Å². The minimum absolute atomic E-state index is 0.0133. The van der Waals surface area contributed by atoms with Crippen LogP contribution in [0.2, 0.25) is 0 Å². The molecule has 2 heterocycles. The molecule has 6 nitrogen and oxygen atoms in total. The van der Waals surface area contributed by atoms with E-state index >= 15 is 0 Å². The molecule has 0 atom stereocenters. The topological polar surface area (TPSA) is 84.7 Å². The van der Waals surface area contributed by atoms with Gasteiger partial charge < -0.3 is 20.7 Å². The third kappa shape index (κ3) is 4.11. The number of nitrogens with one attached hydrogen (secondary N) is 1. The van der Waals surface area contributed by atoms with E-state index in [0.717, 1.165) is 61.6 Å². The van der Waals surface area contributed by atoms with Gasteiger partial charge in [-0.1, -0.05) is 12.1 Å². The molecule has 4 rings (SSSR count). The number of piperidine rings is 1. The van der Waals surface area contributed by atoms with Crippen LogP contribution in [0, 0.1) is 5.92 Å². The van der Waals surface area contributed by atoms with Crippen LogP contribution < -0.4 is 20.7 Å². The molecule has 0 bridgehead atoms. The molecule has 2 aliphatic rings. The van der Waals surface area contributed by atoms with E-state index in [4.69, 9.17) is 10.5 Å². The molecular formula is C22H25N3O3. The van der Waals surface area contributed by atoms with E-state index in [-0.39, 0.29) is 17.7 Å². The van der Waals surface area contributed by atoms with Gasteiger partial charge in [-0.2, -0.15) is 0 Å². The number of benzene rings is 2. The summed E-state index contributed by atoms with van der Waals surface area (Å²) < 4.78 is 5.51. The second-order valence-electron chi connectivity index (χ2n) is 7.48. The van der Waals surface area contributed by atoms with Gasteiger partial charge in [0.15, 0.2) is 0 Å². The van der Waals surface area contributed by atoms with E-state index in [1.165, 1.54) is 5.56 Å². The summed E-state index contributed by atoms with van der Waals surface area (Å²) in [6.07, 6.45) is 2.83. The van der Waals surface area contributed by atoms with Crippen molar-refractivity contribution < 1.29 is 14.3 Å². The SMILES string of the molecule is NC(=O)C1CCN(c2ccc(NC(=O)Cc3ccc4c(c3)CCO4)cc2)CC1. The summed E-state index contributed by atoms with van der Waals surface area (Å²) in [5, 5.41) is 2.96. The predicted octanol–water partition coefficient (Wildman–Crippen LogP) is 2.50. The van der Waals surface area contributed by atoms with Crippen molar-refractivity contribution in [3.8, 4) is 5.75 Å². The molecule has 0 aromatic heterocycles. The van der Waals surface area contributed by atoms with Crippen molar-refractivity contribution in [3.05, 3.63) is 53.6 Å². The standard InChI is InChI=1S/C22H25N3O3/c23-22(27)16-7-10-25(11-8-16)19-4-2-18(3-5-19)24-21(26)14-15-1-6-20-17(13-15)9-12-28-20/h1-6,13,16H,7-12,14H2,(H2,23,27)(H,24,26). The summed E-state index contributed by atoms with van der Waals surface area (Å²) in [5.74, 6) is 0.683. The van der Waals surface area contributed by atoms with Gasteiger partial charge in [-0.15, -0.1) is 0 Å².